The SMILES string of the molecule is C=C(C(=O)OC)C(O)c1cnoc1. The molecule has 0 saturated carbocycles. The third kappa shape index (κ3) is 1.94. The molecule has 1 aromatic rings. The Morgan fingerprint density at radius 3 is 3.00 bits per heavy atom. The van der Waals surface area contributed by atoms with E-state index < -0.39 is 12.1 Å². The summed E-state index contributed by atoms with van der Waals surface area (Å²) in [6.45, 7) is 3.39. The van der Waals surface area contributed by atoms with Crippen LogP contribution in [0, 0.1) is 0 Å². The monoisotopic (exact) mass is 183 g/mol. The van der Waals surface area contributed by atoms with E-state index in [0.717, 1.165) is 0 Å². The Labute approximate surface area is 74.6 Å². The van der Waals surface area contributed by atoms with Gasteiger partial charge < -0.3 is 14.4 Å². The van der Waals surface area contributed by atoms with Crippen LogP contribution in [0.3, 0.4) is 0 Å². The molecular formula is C8H9NO4. The third-order valence-electron chi connectivity index (χ3n) is 1.54. The standard InChI is InChI=1S/C8H9NO4/c1-5(8(11)12-2)7(10)6-3-9-13-4-6/h3-4,7,10H,1H2,2H3. The molecular weight excluding hydrogens is 174 g/mol. The third-order valence-corrected chi connectivity index (χ3v) is 1.54. The number of aliphatic hydroxyl groups excluding tert-OH is 1. The second kappa shape index (κ2) is 3.86. The lowest BCUT2D eigenvalue weighted by molar-refractivity contribution is -0.137. The fourth-order valence-corrected chi connectivity index (χ4v) is 0.792. The number of aromatic nitrogens is 1. The second-order valence-electron chi connectivity index (χ2n) is 2.38. The molecule has 5 nitrogen and oxygen atoms in total. The molecule has 0 aromatic carbocycles. The predicted molar refractivity (Wildman–Crippen MR) is 42.6 cm³/mol. The number of carbonyl (C=O) groups excluding carboxylic acids is 1. The van der Waals surface area contributed by atoms with E-state index >= 15 is 0 Å². The second-order valence-corrected chi connectivity index (χ2v) is 2.38. The summed E-state index contributed by atoms with van der Waals surface area (Å²) in [5, 5.41) is 12.9. The van der Waals surface area contributed by atoms with Crippen LogP contribution in [0.4, 0.5) is 0 Å². The summed E-state index contributed by atoms with van der Waals surface area (Å²) in [6, 6.07) is 0. The molecule has 0 fully saturated rings. The average molecular weight is 183 g/mol. The Hall–Kier alpha value is -1.62. The van der Waals surface area contributed by atoms with Gasteiger partial charge in [-0.05, 0) is 0 Å². The van der Waals surface area contributed by atoms with Crippen molar-refractivity contribution < 1.29 is 19.2 Å². The van der Waals surface area contributed by atoms with Crippen molar-refractivity contribution in [1.82, 2.24) is 5.16 Å². The van der Waals surface area contributed by atoms with Crippen LogP contribution >= 0.6 is 0 Å². The molecule has 1 N–H and O–H groups in total. The lowest BCUT2D eigenvalue weighted by Gasteiger charge is -2.08. The highest BCUT2D eigenvalue weighted by Crippen LogP contribution is 2.19. The zero-order valence-corrected chi connectivity index (χ0v) is 7.06. The molecule has 1 unspecified atom stereocenters. The number of methoxy groups -OCH3 is 1. The van der Waals surface area contributed by atoms with Gasteiger partial charge in [0.15, 0.2) is 0 Å². The van der Waals surface area contributed by atoms with Crippen LogP contribution in [0.15, 0.2) is 29.1 Å². The number of nitrogens with zero attached hydrogens (tertiary/aromatic N) is 1. The Bertz CT molecular complexity index is 304. The van der Waals surface area contributed by atoms with Crippen molar-refractivity contribution in [2.75, 3.05) is 7.11 Å². The van der Waals surface area contributed by atoms with Gasteiger partial charge in [0.05, 0.1) is 18.9 Å². The number of hydrogen-bond donors (Lipinski definition) is 1. The minimum Gasteiger partial charge on any atom is -0.466 e. The highest BCUT2D eigenvalue weighted by Gasteiger charge is 2.19. The molecule has 0 saturated heterocycles. The van der Waals surface area contributed by atoms with Crippen LogP contribution < -0.4 is 0 Å². The maximum atomic E-state index is 10.9. The highest BCUT2D eigenvalue weighted by atomic mass is 16.5. The first kappa shape index (κ1) is 9.47. The fraction of sp³-hybridized carbons (Fsp3) is 0.250. The summed E-state index contributed by atoms with van der Waals surface area (Å²) < 4.78 is 8.88. The van der Waals surface area contributed by atoms with Crippen LogP contribution in [-0.2, 0) is 9.53 Å². The summed E-state index contributed by atoms with van der Waals surface area (Å²) in [5.41, 5.74) is 0.320. The van der Waals surface area contributed by atoms with Crippen LogP contribution in [-0.4, -0.2) is 23.3 Å². The number of carbonyl (C=O) groups is 1. The van der Waals surface area contributed by atoms with Crippen molar-refractivity contribution >= 4 is 5.97 Å². The normalized spacial score (nSPS) is 12.2. The lowest BCUT2D eigenvalue weighted by atomic mass is 10.1. The first-order valence-corrected chi connectivity index (χ1v) is 3.51. The van der Waals surface area contributed by atoms with Gasteiger partial charge in [-0.25, -0.2) is 4.79 Å². The van der Waals surface area contributed by atoms with E-state index in [9.17, 15) is 9.90 Å². The van der Waals surface area contributed by atoms with Gasteiger partial charge in [0, 0.05) is 5.56 Å². The van der Waals surface area contributed by atoms with Gasteiger partial charge in [0.1, 0.15) is 12.4 Å². The van der Waals surface area contributed by atoms with Crippen molar-refractivity contribution in [3.05, 3.63) is 30.2 Å². The number of aliphatic hydroxyl groups is 1. The van der Waals surface area contributed by atoms with Crippen LogP contribution in [0.2, 0.25) is 0 Å². The molecule has 1 rings (SSSR count). The molecule has 0 aliphatic heterocycles. The molecule has 0 radical (unpaired) electrons. The van der Waals surface area contributed by atoms with Crippen LogP contribution in [0.1, 0.15) is 11.7 Å². The van der Waals surface area contributed by atoms with E-state index in [1.165, 1.54) is 19.6 Å². The number of hydrogen-bond acceptors (Lipinski definition) is 5. The minimum absolute atomic E-state index is 0.0503. The molecule has 1 atom stereocenters. The molecule has 1 aromatic heterocycles. The lowest BCUT2D eigenvalue weighted by Crippen LogP contribution is -2.11. The van der Waals surface area contributed by atoms with Crippen LogP contribution in [0.5, 0.6) is 0 Å². The molecule has 5 heteroatoms. The van der Waals surface area contributed by atoms with Gasteiger partial charge in [-0.15, -0.1) is 0 Å². The summed E-state index contributed by atoms with van der Waals surface area (Å²) in [7, 11) is 1.22. The zero-order valence-electron chi connectivity index (χ0n) is 7.06. The number of rotatable bonds is 3. The van der Waals surface area contributed by atoms with Gasteiger partial charge in [-0.1, -0.05) is 11.7 Å². The molecule has 0 spiro atoms. The smallest absolute Gasteiger partial charge is 0.336 e. The zero-order chi connectivity index (χ0) is 9.84. The van der Waals surface area contributed by atoms with E-state index in [-0.39, 0.29) is 5.57 Å². The van der Waals surface area contributed by atoms with Crippen molar-refractivity contribution in [2.24, 2.45) is 0 Å². The first-order chi connectivity index (χ1) is 6.16. The maximum absolute atomic E-state index is 10.9. The van der Waals surface area contributed by atoms with E-state index in [0.29, 0.717) is 5.56 Å². The van der Waals surface area contributed by atoms with Crippen LogP contribution in [0.25, 0.3) is 0 Å². The Morgan fingerprint density at radius 2 is 2.54 bits per heavy atom. The topological polar surface area (TPSA) is 72.6 Å². The fourth-order valence-electron chi connectivity index (χ4n) is 0.792. The Morgan fingerprint density at radius 1 is 1.85 bits per heavy atom. The largest absolute Gasteiger partial charge is 0.466 e. The summed E-state index contributed by atoms with van der Waals surface area (Å²) in [4.78, 5) is 10.9. The van der Waals surface area contributed by atoms with Crippen molar-refractivity contribution in [2.45, 2.75) is 6.10 Å². The summed E-state index contributed by atoms with van der Waals surface area (Å²) in [5.74, 6) is -0.659. The Kier molecular flexibility index (Phi) is 2.81. The number of ether oxygens (including phenoxy) is 1. The quantitative estimate of drug-likeness (QED) is 0.543. The Balaban J connectivity index is 2.74. The molecule has 0 bridgehead atoms. The van der Waals surface area contributed by atoms with Gasteiger partial charge >= 0.3 is 5.97 Å². The highest BCUT2D eigenvalue weighted by molar-refractivity contribution is 5.88. The average Bonchev–Trinajstić information content (AvgIpc) is 2.67. The van der Waals surface area contributed by atoms with E-state index in [4.69, 9.17) is 0 Å². The maximum Gasteiger partial charge on any atom is 0.336 e. The van der Waals surface area contributed by atoms with E-state index in [1.54, 1.807) is 0 Å². The van der Waals surface area contributed by atoms with Crippen molar-refractivity contribution in [3.63, 3.8) is 0 Å². The summed E-state index contributed by atoms with van der Waals surface area (Å²) >= 11 is 0. The molecule has 0 amide bonds. The van der Waals surface area contributed by atoms with Gasteiger partial charge in [0.2, 0.25) is 0 Å². The number of esters is 1. The molecule has 0 aliphatic carbocycles. The first-order valence-electron chi connectivity index (χ1n) is 3.51. The molecule has 70 valence electrons. The molecule has 1 heterocycles. The molecule has 13 heavy (non-hydrogen) atoms. The van der Waals surface area contributed by atoms with Gasteiger partial charge in [-0.3, -0.25) is 0 Å². The minimum atomic E-state index is -1.13. The summed E-state index contributed by atoms with van der Waals surface area (Å²) in [6.07, 6.45) is 1.41. The molecule has 0 aliphatic rings. The predicted octanol–water partition coefficient (Wildman–Crippen LogP) is 0.437. The van der Waals surface area contributed by atoms with Gasteiger partial charge in [-0.2, -0.15) is 0 Å². The van der Waals surface area contributed by atoms with E-state index in [2.05, 4.69) is 21.0 Å². The van der Waals surface area contributed by atoms with Gasteiger partial charge in [0.25, 0.3) is 0 Å². The van der Waals surface area contributed by atoms with Crippen molar-refractivity contribution in [1.29, 1.82) is 0 Å². The van der Waals surface area contributed by atoms with Crippen molar-refractivity contribution in [3.8, 4) is 0 Å². The van der Waals surface area contributed by atoms with E-state index in [1.807, 2.05) is 0 Å².